The molecular formula is C21H23N3O2. The van der Waals surface area contributed by atoms with Crippen LogP contribution in [0.4, 0.5) is 0 Å². The van der Waals surface area contributed by atoms with E-state index in [4.69, 9.17) is 4.74 Å². The van der Waals surface area contributed by atoms with E-state index in [0.29, 0.717) is 13.1 Å². The van der Waals surface area contributed by atoms with Crippen molar-refractivity contribution in [1.29, 1.82) is 0 Å². The second-order valence-electron chi connectivity index (χ2n) is 6.72. The Morgan fingerprint density at radius 3 is 2.96 bits per heavy atom. The third-order valence-electron chi connectivity index (χ3n) is 4.94. The second-order valence-corrected chi connectivity index (χ2v) is 6.72. The zero-order valence-corrected chi connectivity index (χ0v) is 15.0. The standard InChI is InChI=1S/C21H23N3O2/c1-15-23-19-7-2-3-8-20(19)24(15)12-11-22-21(25)14-26-18-10-9-16-5-4-6-17(16)13-18/h2-3,7-10,13H,4-6,11-12,14H2,1H3,(H,22,25). The van der Waals surface area contributed by atoms with Gasteiger partial charge in [0, 0.05) is 13.1 Å². The van der Waals surface area contributed by atoms with Crippen LogP contribution in [0.3, 0.4) is 0 Å². The number of fused-ring (bicyclic) bond motifs is 2. The molecular weight excluding hydrogens is 326 g/mol. The number of aromatic nitrogens is 2. The number of aryl methyl sites for hydroxylation is 3. The first-order valence-electron chi connectivity index (χ1n) is 9.14. The van der Waals surface area contributed by atoms with Gasteiger partial charge in [0.1, 0.15) is 11.6 Å². The van der Waals surface area contributed by atoms with Crippen LogP contribution in [-0.2, 0) is 24.2 Å². The van der Waals surface area contributed by atoms with Crippen molar-refractivity contribution in [2.75, 3.05) is 13.2 Å². The van der Waals surface area contributed by atoms with Crippen molar-refractivity contribution in [2.24, 2.45) is 0 Å². The van der Waals surface area contributed by atoms with Crippen molar-refractivity contribution < 1.29 is 9.53 Å². The zero-order valence-electron chi connectivity index (χ0n) is 15.0. The summed E-state index contributed by atoms with van der Waals surface area (Å²) in [4.78, 5) is 16.6. The molecule has 1 heterocycles. The zero-order chi connectivity index (χ0) is 17.9. The fourth-order valence-corrected chi connectivity index (χ4v) is 3.62. The van der Waals surface area contributed by atoms with Crippen LogP contribution in [0.2, 0.25) is 0 Å². The molecule has 2 aromatic carbocycles. The summed E-state index contributed by atoms with van der Waals surface area (Å²) < 4.78 is 7.77. The third-order valence-corrected chi connectivity index (χ3v) is 4.94. The highest BCUT2D eigenvalue weighted by Gasteiger charge is 2.12. The number of nitrogens with one attached hydrogen (secondary N) is 1. The lowest BCUT2D eigenvalue weighted by molar-refractivity contribution is -0.123. The number of carbonyl (C=O) groups excluding carboxylic acids is 1. The van der Waals surface area contributed by atoms with Crippen molar-refractivity contribution in [3.63, 3.8) is 0 Å². The first-order chi connectivity index (χ1) is 12.7. The van der Waals surface area contributed by atoms with Gasteiger partial charge in [-0.25, -0.2) is 4.98 Å². The minimum absolute atomic E-state index is 0.0441. The van der Waals surface area contributed by atoms with Gasteiger partial charge in [0.25, 0.3) is 5.91 Å². The number of para-hydroxylation sites is 2. The molecule has 3 aromatic rings. The van der Waals surface area contributed by atoms with Gasteiger partial charge in [0.15, 0.2) is 6.61 Å². The number of hydrogen-bond donors (Lipinski definition) is 1. The number of hydrogen-bond acceptors (Lipinski definition) is 3. The van der Waals surface area contributed by atoms with E-state index in [-0.39, 0.29) is 12.5 Å². The van der Waals surface area contributed by atoms with E-state index in [9.17, 15) is 4.79 Å². The molecule has 0 saturated heterocycles. The smallest absolute Gasteiger partial charge is 0.258 e. The Kier molecular flexibility index (Phi) is 4.61. The topological polar surface area (TPSA) is 56.2 Å². The van der Waals surface area contributed by atoms with Gasteiger partial charge in [-0.05, 0) is 61.6 Å². The molecule has 1 aliphatic rings. The molecule has 0 spiro atoms. The number of imidazole rings is 1. The molecule has 1 amide bonds. The van der Waals surface area contributed by atoms with Crippen LogP contribution in [0.1, 0.15) is 23.4 Å². The summed E-state index contributed by atoms with van der Waals surface area (Å²) in [6.07, 6.45) is 3.47. The largest absolute Gasteiger partial charge is 0.484 e. The quantitative estimate of drug-likeness (QED) is 0.744. The Morgan fingerprint density at radius 1 is 1.19 bits per heavy atom. The summed E-state index contributed by atoms with van der Waals surface area (Å²) in [6, 6.07) is 14.2. The van der Waals surface area contributed by atoms with Gasteiger partial charge in [-0.2, -0.15) is 0 Å². The minimum atomic E-state index is -0.104. The van der Waals surface area contributed by atoms with Crippen LogP contribution >= 0.6 is 0 Å². The summed E-state index contributed by atoms with van der Waals surface area (Å²) in [6.45, 7) is 3.27. The van der Waals surface area contributed by atoms with Gasteiger partial charge in [-0.1, -0.05) is 18.2 Å². The van der Waals surface area contributed by atoms with Crippen LogP contribution in [0.15, 0.2) is 42.5 Å². The fraction of sp³-hybridized carbons (Fsp3) is 0.333. The van der Waals surface area contributed by atoms with E-state index in [1.165, 1.54) is 17.5 Å². The van der Waals surface area contributed by atoms with Gasteiger partial charge < -0.3 is 14.6 Å². The van der Waals surface area contributed by atoms with E-state index in [0.717, 1.165) is 35.4 Å². The molecule has 134 valence electrons. The Balaban J connectivity index is 1.28. The van der Waals surface area contributed by atoms with E-state index >= 15 is 0 Å². The summed E-state index contributed by atoms with van der Waals surface area (Å²) in [5.41, 5.74) is 4.83. The monoisotopic (exact) mass is 349 g/mol. The second kappa shape index (κ2) is 7.20. The molecule has 0 unspecified atom stereocenters. The lowest BCUT2D eigenvalue weighted by Crippen LogP contribution is -2.31. The first-order valence-corrected chi connectivity index (χ1v) is 9.14. The molecule has 26 heavy (non-hydrogen) atoms. The number of rotatable bonds is 6. The van der Waals surface area contributed by atoms with Crippen molar-refractivity contribution in [1.82, 2.24) is 14.9 Å². The van der Waals surface area contributed by atoms with Crippen molar-refractivity contribution in [2.45, 2.75) is 32.7 Å². The van der Waals surface area contributed by atoms with Crippen LogP contribution in [-0.4, -0.2) is 28.6 Å². The van der Waals surface area contributed by atoms with Gasteiger partial charge in [0.05, 0.1) is 11.0 Å². The molecule has 0 radical (unpaired) electrons. The third kappa shape index (κ3) is 3.43. The summed E-state index contributed by atoms with van der Waals surface area (Å²) in [5.74, 6) is 1.62. The highest BCUT2D eigenvalue weighted by Crippen LogP contribution is 2.25. The molecule has 0 saturated carbocycles. The predicted molar refractivity (Wildman–Crippen MR) is 101 cm³/mol. The number of amides is 1. The van der Waals surface area contributed by atoms with Gasteiger partial charge in [0.2, 0.25) is 0 Å². The average molecular weight is 349 g/mol. The minimum Gasteiger partial charge on any atom is -0.484 e. The van der Waals surface area contributed by atoms with E-state index in [2.05, 4.69) is 27.0 Å². The van der Waals surface area contributed by atoms with Crippen molar-refractivity contribution in [3.05, 3.63) is 59.4 Å². The molecule has 1 N–H and O–H groups in total. The molecule has 5 nitrogen and oxygen atoms in total. The van der Waals surface area contributed by atoms with Crippen LogP contribution in [0, 0.1) is 6.92 Å². The summed E-state index contributed by atoms with van der Waals surface area (Å²) in [5, 5.41) is 2.92. The fourth-order valence-electron chi connectivity index (χ4n) is 3.62. The SMILES string of the molecule is Cc1nc2ccccc2n1CCNC(=O)COc1ccc2c(c1)CCC2. The molecule has 0 aliphatic heterocycles. The number of benzene rings is 2. The Morgan fingerprint density at radius 2 is 2.04 bits per heavy atom. The Hall–Kier alpha value is -2.82. The molecule has 0 fully saturated rings. The first kappa shape index (κ1) is 16.6. The highest BCUT2D eigenvalue weighted by molar-refractivity contribution is 5.78. The molecule has 1 aliphatic carbocycles. The number of ether oxygens (including phenoxy) is 1. The molecule has 0 atom stereocenters. The maximum absolute atomic E-state index is 12.1. The maximum Gasteiger partial charge on any atom is 0.258 e. The van der Waals surface area contributed by atoms with Gasteiger partial charge in [-0.3, -0.25) is 4.79 Å². The van der Waals surface area contributed by atoms with Crippen molar-refractivity contribution in [3.8, 4) is 5.75 Å². The van der Waals surface area contributed by atoms with Gasteiger partial charge in [-0.15, -0.1) is 0 Å². The van der Waals surface area contributed by atoms with E-state index in [1.54, 1.807) is 0 Å². The Labute approximate surface area is 153 Å². The van der Waals surface area contributed by atoms with Crippen LogP contribution < -0.4 is 10.1 Å². The van der Waals surface area contributed by atoms with Gasteiger partial charge >= 0.3 is 0 Å². The average Bonchev–Trinajstić information content (AvgIpc) is 3.24. The lowest BCUT2D eigenvalue weighted by atomic mass is 10.1. The van der Waals surface area contributed by atoms with Crippen LogP contribution in [0.25, 0.3) is 11.0 Å². The van der Waals surface area contributed by atoms with Crippen LogP contribution in [0.5, 0.6) is 5.75 Å². The lowest BCUT2D eigenvalue weighted by Gasteiger charge is -2.10. The predicted octanol–water partition coefficient (Wildman–Crippen LogP) is 3.03. The number of carbonyl (C=O) groups is 1. The summed E-state index contributed by atoms with van der Waals surface area (Å²) >= 11 is 0. The number of nitrogens with zero attached hydrogens (tertiary/aromatic N) is 2. The highest BCUT2D eigenvalue weighted by atomic mass is 16.5. The van der Waals surface area contributed by atoms with E-state index < -0.39 is 0 Å². The maximum atomic E-state index is 12.1. The molecule has 4 rings (SSSR count). The normalized spacial score (nSPS) is 13.0. The molecule has 1 aromatic heterocycles. The van der Waals surface area contributed by atoms with E-state index in [1.807, 2.05) is 37.3 Å². The molecule has 5 heteroatoms. The molecule has 0 bridgehead atoms. The summed E-state index contributed by atoms with van der Waals surface area (Å²) in [7, 11) is 0. The Bertz CT molecular complexity index is 946. The van der Waals surface area contributed by atoms with Crippen molar-refractivity contribution >= 4 is 16.9 Å².